The van der Waals surface area contributed by atoms with Crippen LogP contribution in [0.1, 0.15) is 30.2 Å². The Morgan fingerprint density at radius 3 is 2.33 bits per heavy atom. The smallest absolute Gasteiger partial charge is 0.236 e. The molecule has 0 aliphatic carbocycles. The largest absolute Gasteiger partial charge is 0.368 e. The van der Waals surface area contributed by atoms with E-state index >= 15 is 0 Å². The Morgan fingerprint density at radius 2 is 1.64 bits per heavy atom. The number of carbonyl (C=O) groups is 1. The Kier molecular flexibility index (Phi) is 6.39. The number of rotatable bonds is 5. The molecule has 0 radical (unpaired) electrons. The summed E-state index contributed by atoms with van der Waals surface area (Å²) in [6.45, 7) is 7.66. The zero-order chi connectivity index (χ0) is 22.6. The summed E-state index contributed by atoms with van der Waals surface area (Å²) in [5, 5.41) is 4.18. The van der Waals surface area contributed by atoms with Crippen molar-refractivity contribution in [2.75, 3.05) is 50.7 Å². The van der Waals surface area contributed by atoms with Crippen molar-refractivity contribution in [3.8, 4) is 11.4 Å². The van der Waals surface area contributed by atoms with Crippen molar-refractivity contribution in [3.05, 3.63) is 66.1 Å². The molecule has 1 amide bonds. The van der Waals surface area contributed by atoms with E-state index in [1.165, 1.54) is 11.3 Å². The summed E-state index contributed by atoms with van der Waals surface area (Å²) in [5.74, 6) is 1.86. The van der Waals surface area contributed by atoms with E-state index < -0.39 is 0 Å². The molecule has 5 rings (SSSR count). The molecule has 2 saturated heterocycles. The molecule has 0 unspecified atom stereocenters. The molecule has 1 aromatic heterocycles. The number of amides is 1. The number of piperidine rings is 1. The molecule has 0 N–H and O–H groups in total. The summed E-state index contributed by atoms with van der Waals surface area (Å²) >= 11 is 0. The third-order valence-electron chi connectivity index (χ3n) is 6.80. The minimum absolute atomic E-state index is 0.237. The SMILES string of the molecule is Cc1ccc(-c2noc(C3CCN(CC(=O)N4CCN(c5ccccc5)CC4)CC3)n2)cc1. The summed E-state index contributed by atoms with van der Waals surface area (Å²) in [4.78, 5) is 24.1. The van der Waals surface area contributed by atoms with Gasteiger partial charge in [-0.3, -0.25) is 9.69 Å². The molecule has 3 aromatic rings. The summed E-state index contributed by atoms with van der Waals surface area (Å²) in [6, 6.07) is 18.6. The summed E-state index contributed by atoms with van der Waals surface area (Å²) in [5.41, 5.74) is 3.42. The van der Waals surface area contributed by atoms with E-state index in [1.54, 1.807) is 0 Å². The highest BCUT2D eigenvalue weighted by Crippen LogP contribution is 2.28. The second-order valence-electron chi connectivity index (χ2n) is 9.08. The van der Waals surface area contributed by atoms with E-state index in [2.05, 4.69) is 63.3 Å². The van der Waals surface area contributed by atoms with Crippen LogP contribution in [0.3, 0.4) is 0 Å². The van der Waals surface area contributed by atoms with Gasteiger partial charge in [0.1, 0.15) is 0 Å². The van der Waals surface area contributed by atoms with E-state index in [-0.39, 0.29) is 11.8 Å². The number of piperazine rings is 1. The molecule has 33 heavy (non-hydrogen) atoms. The van der Waals surface area contributed by atoms with Crippen molar-refractivity contribution in [2.24, 2.45) is 0 Å². The van der Waals surface area contributed by atoms with Crippen molar-refractivity contribution >= 4 is 11.6 Å². The average Bonchev–Trinajstić information content (AvgIpc) is 3.36. The maximum atomic E-state index is 12.9. The molecule has 0 bridgehead atoms. The molecular weight excluding hydrogens is 414 g/mol. The number of para-hydroxylation sites is 1. The van der Waals surface area contributed by atoms with E-state index in [1.807, 2.05) is 23.1 Å². The average molecular weight is 446 g/mol. The molecule has 0 saturated carbocycles. The molecule has 172 valence electrons. The van der Waals surface area contributed by atoms with Crippen LogP contribution in [-0.4, -0.2) is 71.7 Å². The van der Waals surface area contributed by atoms with Gasteiger partial charge in [0.25, 0.3) is 0 Å². The lowest BCUT2D eigenvalue weighted by molar-refractivity contribution is -0.133. The van der Waals surface area contributed by atoms with Gasteiger partial charge in [0, 0.05) is 43.3 Å². The fourth-order valence-corrected chi connectivity index (χ4v) is 4.70. The first kappa shape index (κ1) is 21.6. The van der Waals surface area contributed by atoms with Crippen LogP contribution in [0.2, 0.25) is 0 Å². The quantitative estimate of drug-likeness (QED) is 0.598. The van der Waals surface area contributed by atoms with Gasteiger partial charge in [-0.25, -0.2) is 0 Å². The Hall–Kier alpha value is -3.19. The van der Waals surface area contributed by atoms with Crippen LogP contribution in [0.4, 0.5) is 5.69 Å². The Bertz CT molecular complexity index is 1050. The van der Waals surface area contributed by atoms with Gasteiger partial charge in [-0.2, -0.15) is 4.98 Å². The van der Waals surface area contributed by atoms with Gasteiger partial charge in [-0.1, -0.05) is 53.2 Å². The number of likely N-dealkylation sites (tertiary alicyclic amines) is 1. The second kappa shape index (κ2) is 9.75. The molecule has 2 aromatic carbocycles. The summed E-state index contributed by atoms with van der Waals surface area (Å²) in [6.07, 6.45) is 1.87. The first-order chi connectivity index (χ1) is 16.2. The van der Waals surface area contributed by atoms with Gasteiger partial charge < -0.3 is 14.3 Å². The van der Waals surface area contributed by atoms with Crippen LogP contribution in [0.25, 0.3) is 11.4 Å². The van der Waals surface area contributed by atoms with E-state index in [0.717, 1.165) is 57.7 Å². The number of hydrogen-bond acceptors (Lipinski definition) is 6. The number of hydrogen-bond donors (Lipinski definition) is 0. The first-order valence-electron chi connectivity index (χ1n) is 11.9. The maximum absolute atomic E-state index is 12.9. The topological polar surface area (TPSA) is 65.7 Å². The molecule has 0 spiro atoms. The van der Waals surface area contributed by atoms with E-state index in [9.17, 15) is 4.79 Å². The Morgan fingerprint density at radius 1 is 0.939 bits per heavy atom. The van der Waals surface area contributed by atoms with Gasteiger partial charge >= 0.3 is 0 Å². The Labute approximate surface area is 195 Å². The molecular formula is C26H31N5O2. The molecule has 2 aliphatic rings. The van der Waals surface area contributed by atoms with Crippen LogP contribution in [0, 0.1) is 6.92 Å². The standard InChI is InChI=1S/C26H31N5O2/c1-20-7-9-21(10-8-20)25-27-26(33-28-25)22-11-13-29(14-12-22)19-24(32)31-17-15-30(16-18-31)23-5-3-2-4-6-23/h2-10,22H,11-19H2,1H3. The Balaban J connectivity index is 1.09. The van der Waals surface area contributed by atoms with Crippen molar-refractivity contribution in [3.63, 3.8) is 0 Å². The number of carbonyl (C=O) groups excluding carboxylic acids is 1. The minimum Gasteiger partial charge on any atom is -0.368 e. The lowest BCUT2D eigenvalue weighted by atomic mass is 9.96. The molecule has 7 heteroatoms. The molecule has 2 aliphatic heterocycles. The monoisotopic (exact) mass is 445 g/mol. The molecule has 3 heterocycles. The number of nitrogens with zero attached hydrogens (tertiary/aromatic N) is 5. The van der Waals surface area contributed by atoms with Crippen LogP contribution in [0.5, 0.6) is 0 Å². The predicted molar refractivity (Wildman–Crippen MR) is 128 cm³/mol. The van der Waals surface area contributed by atoms with Gasteiger partial charge in [0.15, 0.2) is 0 Å². The maximum Gasteiger partial charge on any atom is 0.236 e. The minimum atomic E-state index is 0.237. The van der Waals surface area contributed by atoms with Gasteiger partial charge in [0.2, 0.25) is 17.6 Å². The first-order valence-corrected chi connectivity index (χ1v) is 11.9. The summed E-state index contributed by atoms with van der Waals surface area (Å²) < 4.78 is 5.59. The van der Waals surface area contributed by atoms with Crippen LogP contribution in [0.15, 0.2) is 59.1 Å². The lowest BCUT2D eigenvalue weighted by Gasteiger charge is -2.37. The number of anilines is 1. The highest BCUT2D eigenvalue weighted by molar-refractivity contribution is 5.78. The third kappa shape index (κ3) is 5.09. The highest BCUT2D eigenvalue weighted by Gasteiger charge is 2.28. The summed E-state index contributed by atoms with van der Waals surface area (Å²) in [7, 11) is 0. The molecule has 0 atom stereocenters. The van der Waals surface area contributed by atoms with Crippen LogP contribution in [-0.2, 0) is 4.79 Å². The fraction of sp³-hybridized carbons (Fsp3) is 0.423. The normalized spacial score (nSPS) is 18.0. The van der Waals surface area contributed by atoms with Crippen molar-refractivity contribution in [1.29, 1.82) is 0 Å². The van der Waals surface area contributed by atoms with Gasteiger partial charge in [0.05, 0.1) is 6.54 Å². The van der Waals surface area contributed by atoms with Crippen molar-refractivity contribution in [1.82, 2.24) is 19.9 Å². The van der Waals surface area contributed by atoms with Crippen LogP contribution < -0.4 is 4.90 Å². The zero-order valence-corrected chi connectivity index (χ0v) is 19.2. The number of aryl methyl sites for hydroxylation is 1. The zero-order valence-electron chi connectivity index (χ0n) is 19.2. The predicted octanol–water partition coefficient (Wildman–Crippen LogP) is 3.57. The van der Waals surface area contributed by atoms with Crippen LogP contribution >= 0.6 is 0 Å². The molecule has 7 nitrogen and oxygen atoms in total. The van der Waals surface area contributed by atoms with Gasteiger partial charge in [-0.15, -0.1) is 0 Å². The van der Waals surface area contributed by atoms with E-state index in [0.29, 0.717) is 18.3 Å². The molecule has 2 fully saturated rings. The van der Waals surface area contributed by atoms with Crippen molar-refractivity contribution in [2.45, 2.75) is 25.7 Å². The van der Waals surface area contributed by atoms with E-state index in [4.69, 9.17) is 4.52 Å². The third-order valence-corrected chi connectivity index (χ3v) is 6.80. The van der Waals surface area contributed by atoms with Gasteiger partial charge in [-0.05, 0) is 45.0 Å². The lowest BCUT2D eigenvalue weighted by Crippen LogP contribution is -2.51. The highest BCUT2D eigenvalue weighted by atomic mass is 16.5. The second-order valence-corrected chi connectivity index (χ2v) is 9.08. The number of aromatic nitrogens is 2. The number of benzene rings is 2. The fourth-order valence-electron chi connectivity index (χ4n) is 4.70. The van der Waals surface area contributed by atoms with Crippen molar-refractivity contribution < 1.29 is 9.32 Å².